The summed E-state index contributed by atoms with van der Waals surface area (Å²) in [6.07, 6.45) is 5.24. The maximum Gasteiger partial charge on any atom is 0.278 e. The van der Waals surface area contributed by atoms with Crippen molar-refractivity contribution in [2.45, 2.75) is 38.7 Å². The molecule has 0 fully saturated rings. The number of unbranched alkanes of at least 4 members (excludes halogenated alkanes) is 1. The summed E-state index contributed by atoms with van der Waals surface area (Å²) in [5.74, 6) is -2.66. The Morgan fingerprint density at radius 1 is 1.26 bits per heavy atom. The van der Waals surface area contributed by atoms with Gasteiger partial charge in [-0.1, -0.05) is 30.3 Å². The SMILES string of the molecule is CC(F)(F)CCCCn1cc(NC(=O)c2ncoc2-c2ccccc2)cn1. The van der Waals surface area contributed by atoms with Crippen LogP contribution in [-0.2, 0) is 6.54 Å². The summed E-state index contributed by atoms with van der Waals surface area (Å²) in [6, 6.07) is 9.22. The van der Waals surface area contributed by atoms with Gasteiger partial charge in [-0.05, 0) is 19.8 Å². The van der Waals surface area contributed by atoms with Gasteiger partial charge in [0.2, 0.25) is 5.92 Å². The van der Waals surface area contributed by atoms with Gasteiger partial charge in [-0.3, -0.25) is 9.48 Å². The molecule has 0 bridgehead atoms. The molecule has 0 radical (unpaired) electrons. The molecule has 1 N–H and O–H groups in total. The lowest BCUT2D eigenvalue weighted by Crippen LogP contribution is -2.13. The zero-order valence-electron chi connectivity index (χ0n) is 14.9. The molecule has 6 nitrogen and oxygen atoms in total. The van der Waals surface area contributed by atoms with Crippen LogP contribution in [-0.4, -0.2) is 26.6 Å². The number of nitrogens with zero attached hydrogens (tertiary/aromatic N) is 3. The zero-order chi connectivity index (χ0) is 19.3. The number of carbonyl (C=O) groups is 1. The molecule has 0 aliphatic heterocycles. The maximum atomic E-state index is 12.8. The number of aryl methyl sites for hydroxylation is 1. The van der Waals surface area contributed by atoms with Gasteiger partial charge in [0, 0.05) is 24.7 Å². The van der Waals surface area contributed by atoms with E-state index in [1.54, 1.807) is 10.9 Å². The van der Waals surface area contributed by atoms with Gasteiger partial charge < -0.3 is 9.73 Å². The highest BCUT2D eigenvalue weighted by Gasteiger charge is 2.20. The van der Waals surface area contributed by atoms with E-state index in [9.17, 15) is 13.6 Å². The van der Waals surface area contributed by atoms with Gasteiger partial charge >= 0.3 is 0 Å². The van der Waals surface area contributed by atoms with Crippen LogP contribution in [0.2, 0.25) is 0 Å². The van der Waals surface area contributed by atoms with Gasteiger partial charge in [0.05, 0.1) is 11.9 Å². The molecular weight excluding hydrogens is 354 g/mol. The lowest BCUT2D eigenvalue weighted by atomic mass is 10.1. The molecule has 142 valence electrons. The van der Waals surface area contributed by atoms with Crippen molar-refractivity contribution in [2.75, 3.05) is 5.32 Å². The number of rotatable bonds is 8. The summed E-state index contributed by atoms with van der Waals surface area (Å²) in [5.41, 5.74) is 1.44. The third-order valence-electron chi connectivity index (χ3n) is 3.96. The molecule has 0 aliphatic rings. The van der Waals surface area contributed by atoms with Crippen LogP contribution in [0.3, 0.4) is 0 Å². The first kappa shape index (κ1) is 18.8. The first-order valence-electron chi connectivity index (χ1n) is 8.63. The van der Waals surface area contributed by atoms with Crippen LogP contribution in [0.1, 0.15) is 36.7 Å². The van der Waals surface area contributed by atoms with Crippen molar-refractivity contribution < 1.29 is 18.0 Å². The van der Waals surface area contributed by atoms with Crippen LogP contribution in [0.15, 0.2) is 53.5 Å². The predicted octanol–water partition coefficient (Wildman–Crippen LogP) is 4.62. The topological polar surface area (TPSA) is 73.0 Å². The van der Waals surface area contributed by atoms with E-state index in [-0.39, 0.29) is 12.1 Å². The Bertz CT molecular complexity index is 885. The summed E-state index contributed by atoms with van der Waals surface area (Å²) in [4.78, 5) is 16.5. The van der Waals surface area contributed by atoms with Crippen molar-refractivity contribution in [1.29, 1.82) is 0 Å². The average molecular weight is 374 g/mol. The van der Waals surface area contributed by atoms with Gasteiger partial charge in [0.15, 0.2) is 17.8 Å². The van der Waals surface area contributed by atoms with E-state index in [0.29, 0.717) is 30.8 Å². The molecule has 1 aromatic carbocycles. The number of nitrogens with one attached hydrogen (secondary N) is 1. The molecule has 2 heterocycles. The number of alkyl halides is 2. The predicted molar refractivity (Wildman–Crippen MR) is 96.6 cm³/mol. The van der Waals surface area contributed by atoms with E-state index in [1.807, 2.05) is 30.3 Å². The smallest absolute Gasteiger partial charge is 0.278 e. The van der Waals surface area contributed by atoms with Gasteiger partial charge in [-0.15, -0.1) is 0 Å². The van der Waals surface area contributed by atoms with Crippen molar-refractivity contribution in [1.82, 2.24) is 14.8 Å². The molecule has 27 heavy (non-hydrogen) atoms. The Morgan fingerprint density at radius 2 is 2.04 bits per heavy atom. The number of oxazole rings is 1. The van der Waals surface area contributed by atoms with Crippen LogP contribution in [0.5, 0.6) is 0 Å². The normalized spacial score (nSPS) is 11.5. The molecule has 3 aromatic rings. The molecular formula is C19H20F2N4O2. The molecule has 0 aliphatic carbocycles. The number of carbonyl (C=O) groups excluding carboxylic acids is 1. The number of anilines is 1. The van der Waals surface area contributed by atoms with Gasteiger partial charge in [0.25, 0.3) is 5.91 Å². The Hall–Kier alpha value is -3.03. The van der Waals surface area contributed by atoms with E-state index in [1.165, 1.54) is 12.6 Å². The summed E-state index contributed by atoms with van der Waals surface area (Å²) in [5, 5.41) is 6.86. The van der Waals surface area contributed by atoms with E-state index in [0.717, 1.165) is 12.5 Å². The molecule has 0 unspecified atom stereocenters. The average Bonchev–Trinajstić information content (AvgIpc) is 3.28. The van der Waals surface area contributed by atoms with Crippen molar-refractivity contribution in [3.63, 3.8) is 0 Å². The Balaban J connectivity index is 1.58. The van der Waals surface area contributed by atoms with Crippen molar-refractivity contribution >= 4 is 11.6 Å². The largest absolute Gasteiger partial charge is 0.443 e. The molecule has 0 saturated heterocycles. The number of hydrogen-bond acceptors (Lipinski definition) is 4. The first-order valence-corrected chi connectivity index (χ1v) is 8.63. The number of benzene rings is 1. The highest BCUT2D eigenvalue weighted by molar-refractivity contribution is 6.06. The summed E-state index contributed by atoms with van der Waals surface area (Å²) < 4.78 is 32.6. The monoisotopic (exact) mass is 374 g/mol. The minimum Gasteiger partial charge on any atom is -0.443 e. The summed E-state index contributed by atoms with van der Waals surface area (Å²) in [7, 11) is 0. The minimum atomic E-state index is -2.64. The van der Waals surface area contributed by atoms with Crippen LogP contribution in [0, 0.1) is 0 Å². The maximum absolute atomic E-state index is 12.8. The van der Waals surface area contributed by atoms with Gasteiger partial charge in [-0.25, -0.2) is 13.8 Å². The van der Waals surface area contributed by atoms with Crippen molar-refractivity contribution in [3.05, 3.63) is 54.8 Å². The minimum absolute atomic E-state index is 0.147. The van der Waals surface area contributed by atoms with Crippen molar-refractivity contribution in [3.8, 4) is 11.3 Å². The standard InChI is InChI=1S/C19H20F2N4O2/c1-19(20,21)9-5-6-10-25-12-15(11-23-25)24-18(26)16-17(27-13-22-16)14-7-3-2-4-8-14/h2-4,7-8,11-13H,5-6,9-10H2,1H3,(H,24,26). The van der Waals surface area contributed by atoms with E-state index in [4.69, 9.17) is 4.42 Å². The molecule has 1 amide bonds. The molecule has 0 saturated carbocycles. The fourth-order valence-corrected chi connectivity index (χ4v) is 2.65. The van der Waals surface area contributed by atoms with Crippen molar-refractivity contribution in [2.24, 2.45) is 0 Å². The number of hydrogen-bond donors (Lipinski definition) is 1. The second-order valence-corrected chi connectivity index (χ2v) is 6.37. The van der Waals surface area contributed by atoms with Crippen LogP contribution < -0.4 is 5.32 Å². The second-order valence-electron chi connectivity index (χ2n) is 6.37. The third kappa shape index (κ3) is 5.22. The molecule has 8 heteroatoms. The molecule has 0 spiro atoms. The van der Waals surface area contributed by atoms with E-state index >= 15 is 0 Å². The van der Waals surface area contributed by atoms with E-state index in [2.05, 4.69) is 15.4 Å². The second kappa shape index (κ2) is 8.11. The Labute approximate surface area is 155 Å². The lowest BCUT2D eigenvalue weighted by Gasteiger charge is -2.09. The number of amides is 1. The van der Waals surface area contributed by atoms with E-state index < -0.39 is 11.8 Å². The summed E-state index contributed by atoms with van der Waals surface area (Å²) >= 11 is 0. The number of halogens is 2. The molecule has 3 rings (SSSR count). The van der Waals surface area contributed by atoms with Gasteiger partial charge in [0.1, 0.15) is 0 Å². The fraction of sp³-hybridized carbons (Fsp3) is 0.316. The van der Waals surface area contributed by atoms with Crippen LogP contribution >= 0.6 is 0 Å². The van der Waals surface area contributed by atoms with Gasteiger partial charge in [-0.2, -0.15) is 5.10 Å². The summed E-state index contributed by atoms with van der Waals surface area (Å²) in [6.45, 7) is 1.42. The van der Waals surface area contributed by atoms with Crippen LogP contribution in [0.25, 0.3) is 11.3 Å². The Morgan fingerprint density at radius 3 is 2.78 bits per heavy atom. The molecule has 2 aromatic heterocycles. The highest BCUT2D eigenvalue weighted by Crippen LogP contribution is 2.23. The first-order chi connectivity index (χ1) is 12.9. The zero-order valence-corrected chi connectivity index (χ0v) is 14.9. The quantitative estimate of drug-likeness (QED) is 0.584. The Kier molecular flexibility index (Phi) is 5.63. The third-order valence-corrected chi connectivity index (χ3v) is 3.96. The van der Waals surface area contributed by atoms with Crippen LogP contribution in [0.4, 0.5) is 14.5 Å². The highest BCUT2D eigenvalue weighted by atomic mass is 19.3. The lowest BCUT2D eigenvalue weighted by molar-refractivity contribution is 0.0102. The number of aromatic nitrogens is 3. The fourth-order valence-electron chi connectivity index (χ4n) is 2.65. The molecule has 0 atom stereocenters.